The summed E-state index contributed by atoms with van der Waals surface area (Å²) in [5.74, 6) is -0.130. The lowest BCUT2D eigenvalue weighted by Crippen LogP contribution is -2.50. The van der Waals surface area contributed by atoms with Crippen LogP contribution in [0.5, 0.6) is 0 Å². The van der Waals surface area contributed by atoms with Gasteiger partial charge in [-0.2, -0.15) is 11.8 Å². The molecule has 0 unspecified atom stereocenters. The molecule has 23 heavy (non-hydrogen) atoms. The van der Waals surface area contributed by atoms with E-state index in [4.69, 9.17) is 5.73 Å². The number of benzene rings is 1. The number of hydrogen-bond donors (Lipinski definition) is 4. The van der Waals surface area contributed by atoms with Crippen molar-refractivity contribution in [2.45, 2.75) is 12.5 Å². The van der Waals surface area contributed by atoms with Gasteiger partial charge in [-0.3, -0.25) is 9.59 Å². The number of hydrogen-bond acceptors (Lipinski definition) is 4. The Morgan fingerprint density at radius 2 is 2.00 bits per heavy atom. The second kappa shape index (κ2) is 10.1. The summed E-state index contributed by atoms with van der Waals surface area (Å²) in [7, 11) is 0. The molecule has 0 aliphatic carbocycles. The molecule has 126 valence electrons. The number of thioether (sulfide) groups is 1. The molecule has 1 rings (SSSR count). The first-order chi connectivity index (χ1) is 10.9. The quantitative estimate of drug-likeness (QED) is 0.524. The molecule has 0 bridgehead atoms. The number of anilines is 1. The number of primary amides is 1. The van der Waals surface area contributed by atoms with E-state index in [1.807, 2.05) is 12.3 Å². The van der Waals surface area contributed by atoms with Gasteiger partial charge >= 0.3 is 6.03 Å². The number of amides is 4. The van der Waals surface area contributed by atoms with Gasteiger partial charge in [0.25, 0.3) is 0 Å². The van der Waals surface area contributed by atoms with Gasteiger partial charge in [-0.1, -0.05) is 12.1 Å². The third kappa shape index (κ3) is 7.38. The molecule has 5 N–H and O–H groups in total. The number of urea groups is 1. The average molecular weight is 403 g/mol. The highest BCUT2D eigenvalue weighted by Gasteiger charge is 2.19. The molecule has 0 saturated carbocycles. The first-order valence-corrected chi connectivity index (χ1v) is 8.99. The van der Waals surface area contributed by atoms with E-state index < -0.39 is 18.0 Å². The molecule has 0 aliphatic heterocycles. The number of carbonyl (C=O) groups is 3. The van der Waals surface area contributed by atoms with Crippen LogP contribution in [0.25, 0.3) is 0 Å². The number of rotatable bonds is 8. The molecule has 0 fully saturated rings. The van der Waals surface area contributed by atoms with Crippen LogP contribution in [0.3, 0.4) is 0 Å². The molecule has 1 aromatic rings. The number of para-hydroxylation sites is 1. The van der Waals surface area contributed by atoms with Crippen molar-refractivity contribution in [2.75, 3.05) is 23.9 Å². The number of nitrogens with one attached hydrogen (secondary N) is 3. The Morgan fingerprint density at radius 3 is 2.61 bits per heavy atom. The lowest BCUT2D eigenvalue weighted by Gasteiger charge is -2.16. The molecule has 1 atom stereocenters. The van der Waals surface area contributed by atoms with E-state index in [9.17, 15) is 14.4 Å². The summed E-state index contributed by atoms with van der Waals surface area (Å²) in [4.78, 5) is 34.8. The van der Waals surface area contributed by atoms with Gasteiger partial charge < -0.3 is 21.7 Å². The van der Waals surface area contributed by atoms with Gasteiger partial charge in [-0.25, -0.2) is 4.79 Å². The average Bonchev–Trinajstić information content (AvgIpc) is 2.51. The summed E-state index contributed by atoms with van der Waals surface area (Å²) < 4.78 is 0.743. The maximum absolute atomic E-state index is 12.0. The predicted octanol–water partition coefficient (Wildman–Crippen LogP) is 1.29. The Hall–Kier alpha value is -1.74. The number of nitrogens with two attached hydrogens (primary N) is 1. The van der Waals surface area contributed by atoms with Crippen LogP contribution in [-0.2, 0) is 9.59 Å². The zero-order chi connectivity index (χ0) is 17.2. The van der Waals surface area contributed by atoms with Crippen molar-refractivity contribution >= 4 is 51.2 Å². The van der Waals surface area contributed by atoms with Crippen molar-refractivity contribution in [3.8, 4) is 0 Å². The second-order valence-corrected chi connectivity index (χ2v) is 6.43. The van der Waals surface area contributed by atoms with Crippen molar-refractivity contribution < 1.29 is 14.4 Å². The van der Waals surface area contributed by atoms with E-state index in [0.29, 0.717) is 17.9 Å². The van der Waals surface area contributed by atoms with Gasteiger partial charge in [-0.15, -0.1) is 0 Å². The van der Waals surface area contributed by atoms with E-state index in [0.717, 1.165) is 4.47 Å². The molecule has 0 aliphatic rings. The molecule has 4 amide bonds. The zero-order valence-electron chi connectivity index (χ0n) is 12.6. The highest BCUT2D eigenvalue weighted by atomic mass is 79.9. The van der Waals surface area contributed by atoms with Crippen LogP contribution in [-0.4, -0.2) is 42.4 Å². The smallest absolute Gasteiger partial charge is 0.312 e. The first kappa shape index (κ1) is 19.3. The Morgan fingerprint density at radius 1 is 1.30 bits per heavy atom. The van der Waals surface area contributed by atoms with Crippen LogP contribution in [0.2, 0.25) is 0 Å². The highest BCUT2D eigenvalue weighted by molar-refractivity contribution is 9.10. The number of carbonyl (C=O) groups excluding carboxylic acids is 3. The third-order valence-electron chi connectivity index (χ3n) is 2.81. The van der Waals surface area contributed by atoms with Crippen molar-refractivity contribution in [3.63, 3.8) is 0 Å². The third-order valence-corrected chi connectivity index (χ3v) is 4.15. The Bertz CT molecular complexity index is 571. The fraction of sp³-hybridized carbons (Fsp3) is 0.357. The lowest BCUT2D eigenvalue weighted by molar-refractivity contribution is -0.125. The molecule has 0 radical (unpaired) electrons. The topological polar surface area (TPSA) is 113 Å². The van der Waals surface area contributed by atoms with E-state index in [1.165, 1.54) is 0 Å². The molecule has 0 spiro atoms. The minimum Gasteiger partial charge on any atom is -0.352 e. The van der Waals surface area contributed by atoms with Gasteiger partial charge in [0, 0.05) is 4.47 Å². The Labute approximate surface area is 147 Å². The van der Waals surface area contributed by atoms with Gasteiger partial charge in [0.05, 0.1) is 12.2 Å². The number of halogens is 1. The summed E-state index contributed by atoms with van der Waals surface area (Å²) >= 11 is 4.86. The van der Waals surface area contributed by atoms with Crippen LogP contribution in [0.1, 0.15) is 6.42 Å². The monoisotopic (exact) mass is 402 g/mol. The van der Waals surface area contributed by atoms with Gasteiger partial charge in [0.1, 0.15) is 6.04 Å². The van der Waals surface area contributed by atoms with E-state index in [-0.39, 0.29) is 12.5 Å². The van der Waals surface area contributed by atoms with Gasteiger partial charge in [0.2, 0.25) is 11.8 Å². The van der Waals surface area contributed by atoms with Crippen molar-refractivity contribution in [1.82, 2.24) is 10.6 Å². The Balaban J connectivity index is 2.50. The van der Waals surface area contributed by atoms with Crippen LogP contribution in [0, 0.1) is 0 Å². The zero-order valence-corrected chi connectivity index (χ0v) is 15.0. The summed E-state index contributed by atoms with van der Waals surface area (Å²) in [5.41, 5.74) is 5.67. The van der Waals surface area contributed by atoms with Crippen LogP contribution in [0.4, 0.5) is 10.5 Å². The minimum absolute atomic E-state index is 0.198. The predicted molar refractivity (Wildman–Crippen MR) is 95.3 cm³/mol. The summed E-state index contributed by atoms with van der Waals surface area (Å²) in [6.07, 6.45) is 2.33. The normalized spacial score (nSPS) is 11.4. The summed E-state index contributed by atoms with van der Waals surface area (Å²) in [5, 5.41) is 7.53. The molecule has 0 saturated heterocycles. The minimum atomic E-state index is -0.774. The standard InChI is InChI=1S/C14H19BrN4O3S/c1-23-7-6-11(19-14(16)22)13(21)17-8-12(20)18-10-5-3-2-4-9(10)15/h2-5,11H,6-8H2,1H3,(H,17,21)(H,18,20)(H3,16,19,22)/t11-/m0/s1. The molecular weight excluding hydrogens is 384 g/mol. The lowest BCUT2D eigenvalue weighted by atomic mass is 10.2. The second-order valence-electron chi connectivity index (χ2n) is 4.59. The van der Waals surface area contributed by atoms with E-state index >= 15 is 0 Å². The van der Waals surface area contributed by atoms with E-state index in [2.05, 4.69) is 31.9 Å². The first-order valence-electron chi connectivity index (χ1n) is 6.81. The molecule has 1 aromatic carbocycles. The summed E-state index contributed by atoms with van der Waals surface area (Å²) in [6, 6.07) is 5.62. The fourth-order valence-electron chi connectivity index (χ4n) is 1.72. The molecule has 0 aromatic heterocycles. The van der Waals surface area contributed by atoms with Crippen LogP contribution < -0.4 is 21.7 Å². The summed E-state index contributed by atoms with van der Waals surface area (Å²) in [6.45, 7) is -0.198. The van der Waals surface area contributed by atoms with Crippen molar-refractivity contribution in [1.29, 1.82) is 0 Å². The largest absolute Gasteiger partial charge is 0.352 e. The molecular formula is C14H19BrN4O3S. The SMILES string of the molecule is CSCC[C@H](NC(N)=O)C(=O)NCC(=O)Nc1ccccc1Br. The van der Waals surface area contributed by atoms with E-state index in [1.54, 1.807) is 30.0 Å². The highest BCUT2D eigenvalue weighted by Crippen LogP contribution is 2.20. The molecule has 0 heterocycles. The molecule has 9 heteroatoms. The van der Waals surface area contributed by atoms with Crippen LogP contribution >= 0.6 is 27.7 Å². The Kier molecular flexibility index (Phi) is 8.49. The van der Waals surface area contributed by atoms with Gasteiger partial charge in [0.15, 0.2) is 0 Å². The van der Waals surface area contributed by atoms with Gasteiger partial charge in [-0.05, 0) is 46.5 Å². The maximum Gasteiger partial charge on any atom is 0.312 e. The van der Waals surface area contributed by atoms with Crippen molar-refractivity contribution in [3.05, 3.63) is 28.7 Å². The van der Waals surface area contributed by atoms with Crippen LogP contribution in [0.15, 0.2) is 28.7 Å². The maximum atomic E-state index is 12.0. The fourth-order valence-corrected chi connectivity index (χ4v) is 2.58. The molecule has 7 nitrogen and oxygen atoms in total. The van der Waals surface area contributed by atoms with Crippen molar-refractivity contribution in [2.24, 2.45) is 5.73 Å².